The lowest BCUT2D eigenvalue weighted by Crippen LogP contribution is -2.36. The minimum atomic E-state index is -0.900. The van der Waals surface area contributed by atoms with Gasteiger partial charge in [-0.25, -0.2) is 0 Å². The minimum absolute atomic E-state index is 0.224. The molecule has 4 atom stereocenters. The fourth-order valence-corrected chi connectivity index (χ4v) is 8.47. The van der Waals surface area contributed by atoms with Crippen molar-refractivity contribution in [2.24, 2.45) is 5.41 Å². The molecule has 0 saturated heterocycles. The van der Waals surface area contributed by atoms with Crippen LogP contribution in [0.4, 0.5) is 0 Å². The Bertz CT molecular complexity index is 905. The average molecular weight is 696 g/mol. The summed E-state index contributed by atoms with van der Waals surface area (Å²) in [6.45, 7) is 4.53. The molecule has 2 fully saturated rings. The van der Waals surface area contributed by atoms with Gasteiger partial charge in [0.25, 0.3) is 0 Å². The molecule has 290 valence electrons. The number of aliphatic hydroxyl groups is 1. The second-order valence-corrected chi connectivity index (χ2v) is 16.6. The van der Waals surface area contributed by atoms with E-state index in [0.29, 0.717) is 6.04 Å². The first-order chi connectivity index (χ1) is 24.4. The molecular weight excluding hydrogens is 611 g/mol. The minimum Gasteiger partial charge on any atom is -0.365 e. The van der Waals surface area contributed by atoms with Crippen molar-refractivity contribution in [1.29, 1.82) is 0 Å². The van der Waals surface area contributed by atoms with Gasteiger partial charge in [0, 0.05) is 18.9 Å². The van der Waals surface area contributed by atoms with Gasteiger partial charge in [-0.05, 0) is 116 Å². The molecule has 0 aromatic carbocycles. The van der Waals surface area contributed by atoms with Crippen molar-refractivity contribution >= 4 is 0 Å². The molecule has 50 heavy (non-hydrogen) atoms. The van der Waals surface area contributed by atoms with Crippen molar-refractivity contribution in [3.05, 3.63) is 48.6 Å². The summed E-state index contributed by atoms with van der Waals surface area (Å²) in [7, 11) is 4.36. The second-order valence-electron chi connectivity index (χ2n) is 16.6. The topological polar surface area (TPSA) is 32.7 Å². The maximum atomic E-state index is 11.7. The van der Waals surface area contributed by atoms with Gasteiger partial charge in [-0.15, -0.1) is 0 Å². The van der Waals surface area contributed by atoms with E-state index >= 15 is 0 Å². The Morgan fingerprint density at radius 1 is 0.560 bits per heavy atom. The fraction of sp³-hybridized carbons (Fsp3) is 0.830. The summed E-state index contributed by atoms with van der Waals surface area (Å²) in [4.78, 5) is 2.34. The highest BCUT2D eigenvalue weighted by atomic mass is 16.6. The third-order valence-electron chi connectivity index (χ3n) is 11.7. The van der Waals surface area contributed by atoms with Crippen LogP contribution in [0.15, 0.2) is 48.6 Å². The molecule has 0 aromatic rings. The molecule has 2 rings (SSSR count). The Hall–Kier alpha value is -1.16. The number of hydrogen-bond acceptors (Lipinski definition) is 3. The Kier molecular flexibility index (Phi) is 26.4. The molecule has 0 amide bonds. The lowest BCUT2D eigenvalue weighted by atomic mass is 9.76. The zero-order chi connectivity index (χ0) is 36.0. The van der Waals surface area contributed by atoms with E-state index in [4.69, 9.17) is 4.74 Å². The van der Waals surface area contributed by atoms with E-state index in [1.54, 1.807) is 0 Å². The van der Waals surface area contributed by atoms with Crippen LogP contribution in [-0.4, -0.2) is 42.0 Å². The van der Waals surface area contributed by atoms with Crippen LogP contribution < -0.4 is 0 Å². The first kappa shape index (κ1) is 45.0. The van der Waals surface area contributed by atoms with E-state index in [0.717, 1.165) is 44.9 Å². The zero-order valence-electron chi connectivity index (χ0n) is 34.0. The number of rotatable bonds is 32. The van der Waals surface area contributed by atoms with Gasteiger partial charge in [-0.1, -0.05) is 152 Å². The Morgan fingerprint density at radius 2 is 1.02 bits per heavy atom. The highest BCUT2D eigenvalue weighted by Crippen LogP contribution is 2.52. The maximum Gasteiger partial charge on any atom is 0.166 e. The van der Waals surface area contributed by atoms with Gasteiger partial charge in [0.2, 0.25) is 0 Å². The molecule has 0 spiro atoms. The number of hydrogen-bond donors (Lipinski definition) is 1. The molecule has 3 heteroatoms. The van der Waals surface area contributed by atoms with E-state index in [-0.39, 0.29) is 11.5 Å². The summed E-state index contributed by atoms with van der Waals surface area (Å²) < 4.78 is 6.57. The molecule has 4 unspecified atom stereocenters. The normalized spacial score (nSPS) is 24.5. The SMILES string of the molecule is CCCC/C=C\C/C=C\CCCCCCCCC1(CCCCCCCC/C=C\C/C=C\CCCCC)CCC(O)(OC2CCC(N(C)C)C2)C1. The van der Waals surface area contributed by atoms with Gasteiger partial charge in [0.05, 0.1) is 6.10 Å². The van der Waals surface area contributed by atoms with Gasteiger partial charge >= 0.3 is 0 Å². The average Bonchev–Trinajstić information content (AvgIpc) is 3.70. The van der Waals surface area contributed by atoms with Crippen LogP contribution in [0, 0.1) is 5.41 Å². The van der Waals surface area contributed by atoms with Gasteiger partial charge in [-0.3, -0.25) is 0 Å². The predicted molar refractivity (Wildman–Crippen MR) is 221 cm³/mol. The summed E-state index contributed by atoms with van der Waals surface area (Å²) in [5.74, 6) is -0.900. The van der Waals surface area contributed by atoms with Crippen LogP contribution in [0.5, 0.6) is 0 Å². The molecule has 0 heterocycles. The molecule has 1 N–H and O–H groups in total. The van der Waals surface area contributed by atoms with Crippen molar-refractivity contribution in [3.63, 3.8) is 0 Å². The van der Waals surface area contributed by atoms with Gasteiger partial charge in [0.1, 0.15) is 0 Å². The van der Waals surface area contributed by atoms with Crippen LogP contribution in [0.1, 0.15) is 213 Å². The van der Waals surface area contributed by atoms with Gasteiger partial charge in [0.15, 0.2) is 5.79 Å². The van der Waals surface area contributed by atoms with Crippen molar-refractivity contribution in [3.8, 4) is 0 Å². The van der Waals surface area contributed by atoms with Gasteiger partial charge in [-0.2, -0.15) is 0 Å². The molecule has 2 aliphatic rings. The third kappa shape index (κ3) is 22.0. The van der Waals surface area contributed by atoms with Crippen LogP contribution in [-0.2, 0) is 4.74 Å². The van der Waals surface area contributed by atoms with E-state index in [2.05, 4.69) is 81.5 Å². The Morgan fingerprint density at radius 3 is 1.50 bits per heavy atom. The second kappa shape index (κ2) is 29.3. The van der Waals surface area contributed by atoms with Crippen LogP contribution >= 0.6 is 0 Å². The summed E-state index contributed by atoms with van der Waals surface area (Å²) in [5.41, 5.74) is 0.277. The summed E-state index contributed by atoms with van der Waals surface area (Å²) in [5, 5.41) is 11.7. The largest absolute Gasteiger partial charge is 0.365 e. The molecule has 2 aliphatic carbocycles. The lowest BCUT2D eigenvalue weighted by molar-refractivity contribution is -0.228. The van der Waals surface area contributed by atoms with E-state index in [1.165, 1.54) is 154 Å². The monoisotopic (exact) mass is 696 g/mol. The van der Waals surface area contributed by atoms with E-state index in [9.17, 15) is 5.11 Å². The number of ether oxygens (including phenoxy) is 1. The summed E-state index contributed by atoms with van der Waals surface area (Å²) >= 11 is 0. The molecule has 0 radical (unpaired) electrons. The molecular formula is C47H85NO2. The molecule has 0 aromatic heterocycles. The van der Waals surface area contributed by atoms with Gasteiger partial charge < -0.3 is 14.7 Å². The summed E-state index contributed by atoms with van der Waals surface area (Å²) in [6.07, 6.45) is 57.7. The highest BCUT2D eigenvalue weighted by molar-refractivity contribution is 4.96. The highest BCUT2D eigenvalue weighted by Gasteiger charge is 2.48. The smallest absolute Gasteiger partial charge is 0.166 e. The summed E-state index contributed by atoms with van der Waals surface area (Å²) in [6, 6.07) is 0.599. The van der Waals surface area contributed by atoms with Crippen LogP contribution in [0.25, 0.3) is 0 Å². The van der Waals surface area contributed by atoms with Crippen LogP contribution in [0.3, 0.4) is 0 Å². The Labute approximate surface area is 312 Å². The molecule has 0 aliphatic heterocycles. The van der Waals surface area contributed by atoms with Crippen molar-refractivity contribution in [1.82, 2.24) is 4.90 Å². The van der Waals surface area contributed by atoms with Crippen molar-refractivity contribution < 1.29 is 9.84 Å². The third-order valence-corrected chi connectivity index (χ3v) is 11.7. The van der Waals surface area contributed by atoms with Crippen molar-refractivity contribution in [2.75, 3.05) is 14.1 Å². The molecule has 0 bridgehead atoms. The van der Waals surface area contributed by atoms with E-state index < -0.39 is 5.79 Å². The number of unbranched alkanes of at least 4 members (excludes halogenated alkanes) is 17. The lowest BCUT2D eigenvalue weighted by Gasteiger charge is -2.33. The first-order valence-electron chi connectivity index (χ1n) is 22.1. The first-order valence-corrected chi connectivity index (χ1v) is 22.1. The molecule has 3 nitrogen and oxygen atoms in total. The zero-order valence-corrected chi connectivity index (χ0v) is 34.0. The Balaban J connectivity index is 1.65. The molecule has 2 saturated carbocycles. The van der Waals surface area contributed by atoms with E-state index in [1.807, 2.05) is 0 Å². The number of allylic oxidation sites excluding steroid dienone is 8. The van der Waals surface area contributed by atoms with Crippen molar-refractivity contribution in [2.45, 2.75) is 231 Å². The van der Waals surface area contributed by atoms with Crippen LogP contribution in [0.2, 0.25) is 0 Å². The maximum absolute atomic E-state index is 11.7. The quantitative estimate of drug-likeness (QED) is 0.0432. The number of nitrogens with zero attached hydrogens (tertiary/aromatic N) is 1. The predicted octanol–water partition coefficient (Wildman–Crippen LogP) is 14.4. The fourth-order valence-electron chi connectivity index (χ4n) is 8.47. The standard InChI is InChI=1S/C47H85NO2/c1-5-7-9-11-13-15-17-19-21-23-25-27-29-31-33-35-39-46(40-41-47(49,43-46)50-45-37-36-44(42-45)48(3)4)38-34-32-30-28-26-24-22-20-18-16-14-12-10-8-6-2/h12-15,18-21,44-45,49H,5-11,16-17,22-43H2,1-4H3/b14-12-,15-13-,20-18-,21-19-.